The van der Waals surface area contributed by atoms with Crippen LogP contribution in [0.3, 0.4) is 0 Å². The highest BCUT2D eigenvalue weighted by Gasteiger charge is 2.17. The molecule has 76 valence electrons. The molecule has 0 amide bonds. The molecule has 0 saturated carbocycles. The molecule has 1 aromatic carbocycles. The predicted molar refractivity (Wildman–Crippen MR) is 58.8 cm³/mol. The monoisotopic (exact) mass is 191 g/mol. The zero-order valence-electron chi connectivity index (χ0n) is 8.84. The zero-order chi connectivity index (χ0) is 9.97. The highest BCUT2D eigenvalue weighted by Crippen LogP contribution is 2.17. The molecule has 0 radical (unpaired) electrons. The van der Waals surface area contributed by atoms with Gasteiger partial charge in [-0.1, -0.05) is 13.0 Å². The average Bonchev–Trinajstić information content (AvgIpc) is 2.12. The van der Waals surface area contributed by atoms with Gasteiger partial charge in [0.2, 0.25) is 0 Å². The lowest BCUT2D eigenvalue weighted by atomic mass is 10.1. The third kappa shape index (κ3) is 1.90. The Kier molecular flexibility index (Phi) is 2.73. The Morgan fingerprint density at radius 2 is 2.21 bits per heavy atom. The number of nitrogens with one attached hydrogen (secondary N) is 1. The summed E-state index contributed by atoms with van der Waals surface area (Å²) in [6.45, 7) is 6.04. The van der Waals surface area contributed by atoms with Gasteiger partial charge in [0.05, 0.1) is 19.3 Å². The molecule has 0 aliphatic carbocycles. The summed E-state index contributed by atoms with van der Waals surface area (Å²) in [5.74, 6) is 0. The number of aryl methyl sites for hydroxylation is 2. The molecular formula is C12H17NO. The molecule has 14 heavy (non-hydrogen) atoms. The van der Waals surface area contributed by atoms with Gasteiger partial charge in [0.1, 0.15) is 0 Å². The Morgan fingerprint density at radius 1 is 1.43 bits per heavy atom. The minimum atomic E-state index is 0.516. The number of ether oxygens (including phenoxy) is 1. The van der Waals surface area contributed by atoms with E-state index in [2.05, 4.69) is 37.4 Å². The summed E-state index contributed by atoms with van der Waals surface area (Å²) in [6.07, 6.45) is 1.11. The third-order valence-corrected chi connectivity index (χ3v) is 2.73. The molecule has 1 aromatic rings. The van der Waals surface area contributed by atoms with Crippen molar-refractivity contribution in [1.82, 2.24) is 0 Å². The van der Waals surface area contributed by atoms with Crippen LogP contribution in [0.1, 0.15) is 18.1 Å². The lowest BCUT2D eigenvalue weighted by Crippen LogP contribution is -2.40. The molecule has 0 bridgehead atoms. The van der Waals surface area contributed by atoms with E-state index >= 15 is 0 Å². The van der Waals surface area contributed by atoms with E-state index in [0.29, 0.717) is 6.04 Å². The number of benzene rings is 1. The van der Waals surface area contributed by atoms with Gasteiger partial charge in [0.15, 0.2) is 0 Å². The Labute approximate surface area is 85.3 Å². The summed E-state index contributed by atoms with van der Waals surface area (Å²) in [4.78, 5) is 0. The molecule has 1 fully saturated rings. The maximum atomic E-state index is 5.12. The maximum absolute atomic E-state index is 5.12. The van der Waals surface area contributed by atoms with Gasteiger partial charge < -0.3 is 10.1 Å². The molecule has 1 aliphatic heterocycles. The van der Waals surface area contributed by atoms with E-state index in [4.69, 9.17) is 4.74 Å². The van der Waals surface area contributed by atoms with Crippen LogP contribution in [-0.4, -0.2) is 19.3 Å². The minimum Gasteiger partial charge on any atom is -0.378 e. The highest BCUT2D eigenvalue weighted by atomic mass is 16.5. The summed E-state index contributed by atoms with van der Waals surface area (Å²) in [5, 5.41) is 3.45. The summed E-state index contributed by atoms with van der Waals surface area (Å²) in [6, 6.07) is 7.10. The van der Waals surface area contributed by atoms with Gasteiger partial charge >= 0.3 is 0 Å². The van der Waals surface area contributed by atoms with Crippen molar-refractivity contribution in [2.75, 3.05) is 18.5 Å². The van der Waals surface area contributed by atoms with Crippen LogP contribution in [0.4, 0.5) is 5.69 Å². The van der Waals surface area contributed by atoms with Gasteiger partial charge in [-0.15, -0.1) is 0 Å². The van der Waals surface area contributed by atoms with Gasteiger partial charge in [0.25, 0.3) is 0 Å². The smallest absolute Gasteiger partial charge is 0.0728 e. The molecule has 0 unspecified atom stereocenters. The highest BCUT2D eigenvalue weighted by molar-refractivity contribution is 5.49. The van der Waals surface area contributed by atoms with Crippen molar-refractivity contribution in [3.8, 4) is 0 Å². The first kappa shape index (κ1) is 9.53. The van der Waals surface area contributed by atoms with E-state index in [0.717, 1.165) is 19.6 Å². The number of hydrogen-bond donors (Lipinski definition) is 1. The van der Waals surface area contributed by atoms with Crippen LogP contribution in [0.25, 0.3) is 0 Å². The lowest BCUT2D eigenvalue weighted by molar-refractivity contribution is 0.0211. The Balaban J connectivity index is 2.07. The van der Waals surface area contributed by atoms with Crippen LogP contribution < -0.4 is 5.32 Å². The number of anilines is 1. The molecule has 2 heteroatoms. The summed E-state index contributed by atoms with van der Waals surface area (Å²) >= 11 is 0. The number of hydrogen-bond acceptors (Lipinski definition) is 2. The largest absolute Gasteiger partial charge is 0.378 e. The van der Waals surface area contributed by atoms with Crippen molar-refractivity contribution in [3.05, 3.63) is 29.3 Å². The quantitative estimate of drug-likeness (QED) is 0.792. The fourth-order valence-electron chi connectivity index (χ4n) is 1.74. The second-order valence-electron chi connectivity index (χ2n) is 3.87. The Bertz CT molecular complexity index is 318. The van der Waals surface area contributed by atoms with Crippen LogP contribution in [0.15, 0.2) is 18.2 Å². The van der Waals surface area contributed by atoms with E-state index in [1.165, 1.54) is 16.8 Å². The molecule has 0 aromatic heterocycles. The standard InChI is InChI=1S/C12H17NO/c1-3-10-4-5-11(6-9(10)2)13-12-7-14-8-12/h4-6,12-13H,3,7-8H2,1-2H3. The van der Waals surface area contributed by atoms with Crippen LogP contribution >= 0.6 is 0 Å². The van der Waals surface area contributed by atoms with Crippen molar-refractivity contribution >= 4 is 5.69 Å². The van der Waals surface area contributed by atoms with Crippen LogP contribution in [-0.2, 0) is 11.2 Å². The summed E-state index contributed by atoms with van der Waals surface area (Å²) < 4.78 is 5.12. The minimum absolute atomic E-state index is 0.516. The molecule has 1 saturated heterocycles. The lowest BCUT2D eigenvalue weighted by Gasteiger charge is -2.28. The van der Waals surface area contributed by atoms with E-state index < -0.39 is 0 Å². The van der Waals surface area contributed by atoms with Gasteiger partial charge in [-0.3, -0.25) is 0 Å². The average molecular weight is 191 g/mol. The topological polar surface area (TPSA) is 21.3 Å². The van der Waals surface area contributed by atoms with Crippen molar-refractivity contribution in [2.45, 2.75) is 26.3 Å². The van der Waals surface area contributed by atoms with Gasteiger partial charge in [-0.25, -0.2) is 0 Å². The van der Waals surface area contributed by atoms with E-state index in [1.807, 2.05) is 0 Å². The fourth-order valence-corrected chi connectivity index (χ4v) is 1.74. The third-order valence-electron chi connectivity index (χ3n) is 2.73. The second-order valence-corrected chi connectivity index (χ2v) is 3.87. The number of rotatable bonds is 3. The van der Waals surface area contributed by atoms with E-state index in [1.54, 1.807) is 0 Å². The molecular weight excluding hydrogens is 174 g/mol. The SMILES string of the molecule is CCc1ccc(NC2COC2)cc1C. The summed E-state index contributed by atoms with van der Waals surface area (Å²) in [5.41, 5.74) is 4.02. The molecule has 1 heterocycles. The van der Waals surface area contributed by atoms with Gasteiger partial charge in [-0.2, -0.15) is 0 Å². The normalized spacial score (nSPS) is 16.4. The molecule has 1 aliphatic rings. The van der Waals surface area contributed by atoms with Gasteiger partial charge in [0, 0.05) is 5.69 Å². The first-order valence-corrected chi connectivity index (χ1v) is 5.23. The molecule has 1 N–H and O–H groups in total. The second kappa shape index (κ2) is 4.01. The molecule has 0 spiro atoms. The van der Waals surface area contributed by atoms with E-state index in [-0.39, 0.29) is 0 Å². The van der Waals surface area contributed by atoms with Crippen molar-refractivity contribution in [2.24, 2.45) is 0 Å². The zero-order valence-corrected chi connectivity index (χ0v) is 8.84. The van der Waals surface area contributed by atoms with Crippen molar-refractivity contribution in [1.29, 1.82) is 0 Å². The van der Waals surface area contributed by atoms with E-state index in [9.17, 15) is 0 Å². The van der Waals surface area contributed by atoms with Crippen LogP contribution in [0.5, 0.6) is 0 Å². The first-order chi connectivity index (χ1) is 6.79. The first-order valence-electron chi connectivity index (χ1n) is 5.23. The van der Waals surface area contributed by atoms with Gasteiger partial charge in [-0.05, 0) is 36.6 Å². The van der Waals surface area contributed by atoms with Crippen LogP contribution in [0, 0.1) is 6.92 Å². The molecule has 2 nitrogen and oxygen atoms in total. The predicted octanol–water partition coefficient (Wildman–Crippen LogP) is 2.37. The Morgan fingerprint density at radius 3 is 2.71 bits per heavy atom. The summed E-state index contributed by atoms with van der Waals surface area (Å²) in [7, 11) is 0. The Hall–Kier alpha value is -1.02. The molecule has 2 rings (SSSR count). The maximum Gasteiger partial charge on any atom is 0.0728 e. The van der Waals surface area contributed by atoms with Crippen LogP contribution in [0.2, 0.25) is 0 Å². The van der Waals surface area contributed by atoms with Crippen molar-refractivity contribution in [3.63, 3.8) is 0 Å². The van der Waals surface area contributed by atoms with Crippen molar-refractivity contribution < 1.29 is 4.74 Å². The fraction of sp³-hybridized carbons (Fsp3) is 0.500. The molecule has 0 atom stereocenters.